The Balaban J connectivity index is 2.20. The van der Waals surface area contributed by atoms with Gasteiger partial charge in [0.2, 0.25) is 5.91 Å². The maximum Gasteiger partial charge on any atom is 0.326 e. The number of nitrogens with two attached hydrogens (primary N) is 1. The Hall–Kier alpha value is -2.48. The molecule has 0 radical (unpaired) electrons. The summed E-state index contributed by atoms with van der Waals surface area (Å²) in [5.41, 5.74) is 4.93. The van der Waals surface area contributed by atoms with Crippen LogP contribution in [0, 0.1) is 5.82 Å². The van der Waals surface area contributed by atoms with Crippen LogP contribution in [0.3, 0.4) is 0 Å². The number of nitrogens with one attached hydrogen (secondary N) is 1. The fraction of sp³-hybridized carbons (Fsp3) is 0.154. The highest BCUT2D eigenvalue weighted by Crippen LogP contribution is 2.26. The molecule has 8 heteroatoms. The predicted molar refractivity (Wildman–Crippen MR) is 74.5 cm³/mol. The third-order valence-corrected chi connectivity index (χ3v) is 3.81. The van der Waals surface area contributed by atoms with Gasteiger partial charge >= 0.3 is 5.97 Å². The van der Waals surface area contributed by atoms with Gasteiger partial charge in [0.1, 0.15) is 11.9 Å². The van der Waals surface area contributed by atoms with Crippen molar-refractivity contribution < 1.29 is 23.9 Å². The molecule has 110 valence electrons. The largest absolute Gasteiger partial charge is 0.480 e. The van der Waals surface area contributed by atoms with Gasteiger partial charge in [0, 0.05) is 4.70 Å². The van der Waals surface area contributed by atoms with Gasteiger partial charge in [-0.3, -0.25) is 9.59 Å². The molecule has 1 heterocycles. The minimum Gasteiger partial charge on any atom is -0.480 e. The lowest BCUT2D eigenvalue weighted by atomic mass is 10.2. The van der Waals surface area contributed by atoms with E-state index in [1.807, 2.05) is 0 Å². The highest BCUT2D eigenvalue weighted by molar-refractivity contribution is 7.20. The fourth-order valence-electron chi connectivity index (χ4n) is 1.75. The van der Waals surface area contributed by atoms with Gasteiger partial charge in [-0.15, -0.1) is 11.3 Å². The molecule has 6 nitrogen and oxygen atoms in total. The summed E-state index contributed by atoms with van der Waals surface area (Å²) < 4.78 is 13.7. The highest BCUT2D eigenvalue weighted by Gasteiger charge is 2.23. The Morgan fingerprint density at radius 1 is 1.33 bits per heavy atom. The first kappa shape index (κ1) is 14.9. The van der Waals surface area contributed by atoms with Crippen molar-refractivity contribution in [2.45, 2.75) is 12.5 Å². The van der Waals surface area contributed by atoms with Crippen LogP contribution in [-0.2, 0) is 9.59 Å². The number of hydrogen-bond donors (Lipinski definition) is 3. The molecular weight excluding hydrogens is 299 g/mol. The second kappa shape index (κ2) is 5.88. The van der Waals surface area contributed by atoms with Crippen LogP contribution in [0.25, 0.3) is 10.1 Å². The minimum atomic E-state index is -1.39. The van der Waals surface area contributed by atoms with Crippen molar-refractivity contribution in [3.05, 3.63) is 35.0 Å². The number of rotatable bonds is 5. The molecule has 21 heavy (non-hydrogen) atoms. The maximum absolute atomic E-state index is 13.1. The van der Waals surface area contributed by atoms with Gasteiger partial charge < -0.3 is 16.2 Å². The molecule has 0 aliphatic carbocycles. The number of halogens is 1. The van der Waals surface area contributed by atoms with Crippen LogP contribution in [0.4, 0.5) is 4.39 Å². The number of fused-ring (bicyclic) bond motifs is 1. The summed E-state index contributed by atoms with van der Waals surface area (Å²) in [5.74, 6) is -3.26. The topological polar surface area (TPSA) is 109 Å². The smallest absolute Gasteiger partial charge is 0.326 e. The lowest BCUT2D eigenvalue weighted by Gasteiger charge is -2.11. The Bertz CT molecular complexity index is 728. The van der Waals surface area contributed by atoms with Crippen LogP contribution in [0.15, 0.2) is 24.3 Å². The molecule has 1 aromatic heterocycles. The molecule has 0 saturated carbocycles. The average molecular weight is 310 g/mol. The van der Waals surface area contributed by atoms with Gasteiger partial charge in [0.05, 0.1) is 11.3 Å². The fourth-order valence-corrected chi connectivity index (χ4v) is 2.74. The van der Waals surface area contributed by atoms with E-state index in [-0.39, 0.29) is 4.88 Å². The first-order valence-corrected chi connectivity index (χ1v) is 6.69. The average Bonchev–Trinajstić information content (AvgIpc) is 2.80. The monoisotopic (exact) mass is 310 g/mol. The van der Waals surface area contributed by atoms with Crippen LogP contribution >= 0.6 is 11.3 Å². The standard InChI is InChI=1S/C13H11FN2O4S/c14-7-2-1-6-3-10(21-9(6)4-7)12(18)16-8(13(19)20)5-11(15)17/h1-4,8H,5H2,(H2,15,17)(H,16,18)(H,19,20). The van der Waals surface area contributed by atoms with Crippen molar-refractivity contribution in [2.24, 2.45) is 5.73 Å². The second-order valence-corrected chi connectivity index (χ2v) is 5.41. The number of primary amides is 1. The Morgan fingerprint density at radius 3 is 2.67 bits per heavy atom. The van der Waals surface area contributed by atoms with Crippen LogP contribution in [-0.4, -0.2) is 28.9 Å². The first-order chi connectivity index (χ1) is 9.86. The number of carboxylic acids is 1. The third kappa shape index (κ3) is 3.54. The second-order valence-electron chi connectivity index (χ2n) is 4.33. The summed E-state index contributed by atoms with van der Waals surface area (Å²) >= 11 is 1.03. The lowest BCUT2D eigenvalue weighted by Crippen LogP contribution is -2.43. The van der Waals surface area contributed by atoms with Crippen LogP contribution in [0.1, 0.15) is 16.1 Å². The molecule has 0 aliphatic heterocycles. The van der Waals surface area contributed by atoms with Gasteiger partial charge in [0.25, 0.3) is 5.91 Å². The zero-order valence-corrected chi connectivity index (χ0v) is 11.4. The van der Waals surface area contributed by atoms with Crippen molar-refractivity contribution in [1.29, 1.82) is 0 Å². The molecular formula is C13H11FN2O4S. The zero-order chi connectivity index (χ0) is 15.6. The van der Waals surface area contributed by atoms with E-state index < -0.39 is 36.1 Å². The number of aliphatic carboxylic acids is 1. The molecule has 2 rings (SSSR count). The molecule has 0 spiro atoms. The van der Waals surface area contributed by atoms with Gasteiger partial charge in [-0.05, 0) is 23.6 Å². The van der Waals surface area contributed by atoms with E-state index in [1.54, 1.807) is 0 Å². The van der Waals surface area contributed by atoms with Crippen molar-refractivity contribution in [3.8, 4) is 0 Å². The molecule has 0 fully saturated rings. The summed E-state index contributed by atoms with van der Waals surface area (Å²) in [6, 6.07) is 4.21. The minimum absolute atomic E-state index is 0.228. The van der Waals surface area contributed by atoms with Crippen molar-refractivity contribution >= 4 is 39.2 Å². The Kier molecular flexibility index (Phi) is 4.18. The SMILES string of the molecule is NC(=O)CC(NC(=O)c1cc2ccc(F)cc2s1)C(=O)O. The summed E-state index contributed by atoms with van der Waals surface area (Å²) in [7, 11) is 0. The number of thiophene rings is 1. The molecule has 1 atom stereocenters. The van der Waals surface area contributed by atoms with E-state index >= 15 is 0 Å². The van der Waals surface area contributed by atoms with Crippen molar-refractivity contribution in [3.63, 3.8) is 0 Å². The predicted octanol–water partition coefficient (Wildman–Crippen LogP) is 1.10. The van der Waals surface area contributed by atoms with Gasteiger partial charge in [-0.1, -0.05) is 6.07 Å². The third-order valence-electron chi connectivity index (χ3n) is 2.71. The van der Waals surface area contributed by atoms with Gasteiger partial charge in [-0.25, -0.2) is 9.18 Å². The summed E-state index contributed by atoms with van der Waals surface area (Å²) in [5, 5.41) is 11.8. The quantitative estimate of drug-likeness (QED) is 0.768. The normalized spacial score (nSPS) is 12.0. The Labute approximate surface area is 122 Å². The van der Waals surface area contributed by atoms with Crippen molar-refractivity contribution in [1.82, 2.24) is 5.32 Å². The molecule has 0 saturated heterocycles. The van der Waals surface area contributed by atoms with Crippen LogP contribution in [0.5, 0.6) is 0 Å². The maximum atomic E-state index is 13.1. The molecule has 4 N–H and O–H groups in total. The lowest BCUT2D eigenvalue weighted by molar-refractivity contribution is -0.140. The molecule has 1 aromatic carbocycles. The van der Waals surface area contributed by atoms with E-state index in [0.29, 0.717) is 10.1 Å². The van der Waals surface area contributed by atoms with E-state index in [2.05, 4.69) is 5.32 Å². The molecule has 0 aliphatic rings. The van der Waals surface area contributed by atoms with Gasteiger partial charge in [0.15, 0.2) is 0 Å². The molecule has 2 aromatic rings. The molecule has 0 bridgehead atoms. The van der Waals surface area contributed by atoms with E-state index in [9.17, 15) is 18.8 Å². The van der Waals surface area contributed by atoms with E-state index in [0.717, 1.165) is 11.3 Å². The first-order valence-electron chi connectivity index (χ1n) is 5.88. The zero-order valence-electron chi connectivity index (χ0n) is 10.6. The Morgan fingerprint density at radius 2 is 2.05 bits per heavy atom. The van der Waals surface area contributed by atoms with Gasteiger partial charge in [-0.2, -0.15) is 0 Å². The molecule has 2 amide bonds. The van der Waals surface area contributed by atoms with Crippen LogP contribution in [0.2, 0.25) is 0 Å². The molecule has 1 unspecified atom stereocenters. The van der Waals surface area contributed by atoms with Crippen LogP contribution < -0.4 is 11.1 Å². The number of amides is 2. The number of carboxylic acid groups (broad SMARTS) is 1. The number of carbonyl (C=O) groups excluding carboxylic acids is 2. The summed E-state index contributed by atoms with van der Waals surface area (Å²) in [6.07, 6.45) is -0.499. The summed E-state index contributed by atoms with van der Waals surface area (Å²) in [6.45, 7) is 0. The highest BCUT2D eigenvalue weighted by atomic mass is 32.1. The van der Waals surface area contributed by atoms with Crippen molar-refractivity contribution in [2.75, 3.05) is 0 Å². The number of hydrogen-bond acceptors (Lipinski definition) is 4. The summed E-state index contributed by atoms with van der Waals surface area (Å²) in [4.78, 5) is 33.9. The van der Waals surface area contributed by atoms with E-state index in [1.165, 1.54) is 24.3 Å². The number of benzene rings is 1. The van der Waals surface area contributed by atoms with E-state index in [4.69, 9.17) is 10.8 Å². The number of carbonyl (C=O) groups is 3.